The maximum atomic E-state index is 13.6. The summed E-state index contributed by atoms with van der Waals surface area (Å²) in [6.45, 7) is 4.47. The van der Waals surface area contributed by atoms with Gasteiger partial charge in [0.25, 0.3) is 5.91 Å². The van der Waals surface area contributed by atoms with Crippen molar-refractivity contribution in [3.8, 4) is 16.9 Å². The van der Waals surface area contributed by atoms with Gasteiger partial charge in [-0.15, -0.1) is 0 Å². The highest BCUT2D eigenvalue weighted by atomic mass is 16.6. The topological polar surface area (TPSA) is 71.1 Å². The average molecular weight is 568 g/mol. The van der Waals surface area contributed by atoms with E-state index in [2.05, 4.69) is 53.8 Å². The molecule has 0 atom stereocenters. The molecular formula is C35H41N3O4. The van der Waals surface area contributed by atoms with E-state index in [0.29, 0.717) is 50.6 Å². The number of hydrogen-bond acceptors (Lipinski definition) is 5. The Kier molecular flexibility index (Phi) is 8.47. The zero-order valence-corrected chi connectivity index (χ0v) is 24.5. The second kappa shape index (κ2) is 12.6. The standard InChI is InChI=1S/C35H41N3O4/c1-37-25-35(17-19-36-20-18-35)16-8-21-38(22-9-23-41-32-15-7-6-14-30(32)33(37)39)34(40)42-24-31-28-12-4-2-10-26(28)27-11-3-5-13-29(27)31/h2-7,10-15,31,36H,8-9,16-25H2,1H3. The van der Waals surface area contributed by atoms with Gasteiger partial charge in [0.1, 0.15) is 12.4 Å². The Bertz CT molecular complexity index is 1370. The lowest BCUT2D eigenvalue weighted by atomic mass is 9.74. The zero-order valence-electron chi connectivity index (χ0n) is 24.5. The van der Waals surface area contributed by atoms with Crippen molar-refractivity contribution in [1.82, 2.24) is 15.1 Å². The number of benzene rings is 3. The summed E-state index contributed by atoms with van der Waals surface area (Å²) in [5.74, 6) is 0.631. The largest absolute Gasteiger partial charge is 0.493 e. The molecule has 42 heavy (non-hydrogen) atoms. The van der Waals surface area contributed by atoms with Gasteiger partial charge in [0.2, 0.25) is 0 Å². The van der Waals surface area contributed by atoms with Gasteiger partial charge in [0.15, 0.2) is 0 Å². The fourth-order valence-electron chi connectivity index (χ4n) is 7.06. The van der Waals surface area contributed by atoms with Crippen LogP contribution < -0.4 is 10.1 Å². The van der Waals surface area contributed by atoms with E-state index in [1.54, 1.807) is 0 Å². The van der Waals surface area contributed by atoms with Crippen LogP contribution in [-0.2, 0) is 4.74 Å². The van der Waals surface area contributed by atoms with Crippen molar-refractivity contribution in [2.24, 2.45) is 5.41 Å². The number of para-hydroxylation sites is 1. The van der Waals surface area contributed by atoms with Gasteiger partial charge in [0, 0.05) is 32.6 Å². The third kappa shape index (κ3) is 5.88. The van der Waals surface area contributed by atoms with E-state index in [4.69, 9.17) is 9.47 Å². The molecule has 0 saturated carbocycles. The molecule has 3 aliphatic rings. The molecule has 2 aliphatic heterocycles. The molecule has 1 spiro atoms. The van der Waals surface area contributed by atoms with Crippen LogP contribution in [-0.4, -0.2) is 74.8 Å². The van der Waals surface area contributed by atoms with Crippen molar-refractivity contribution in [3.05, 3.63) is 89.5 Å². The summed E-state index contributed by atoms with van der Waals surface area (Å²) in [4.78, 5) is 30.8. The summed E-state index contributed by atoms with van der Waals surface area (Å²) >= 11 is 0. The molecule has 2 heterocycles. The first kappa shape index (κ1) is 28.3. The monoisotopic (exact) mass is 567 g/mol. The summed E-state index contributed by atoms with van der Waals surface area (Å²) in [6, 6.07) is 24.3. The summed E-state index contributed by atoms with van der Waals surface area (Å²) in [5.41, 5.74) is 5.48. The van der Waals surface area contributed by atoms with Gasteiger partial charge in [-0.3, -0.25) is 4.79 Å². The molecule has 0 aromatic heterocycles. The minimum atomic E-state index is -0.268. The van der Waals surface area contributed by atoms with Crippen LogP contribution in [0.4, 0.5) is 4.79 Å². The fourth-order valence-corrected chi connectivity index (χ4v) is 7.06. The number of amides is 2. The van der Waals surface area contributed by atoms with Crippen LogP contribution in [0.1, 0.15) is 59.5 Å². The highest BCUT2D eigenvalue weighted by Gasteiger charge is 2.35. The van der Waals surface area contributed by atoms with E-state index in [-0.39, 0.29) is 23.3 Å². The fraction of sp³-hybridized carbons (Fsp3) is 0.429. The summed E-state index contributed by atoms with van der Waals surface area (Å²) < 4.78 is 12.2. The Balaban J connectivity index is 1.18. The maximum absolute atomic E-state index is 13.6. The number of nitrogens with one attached hydrogen (secondary N) is 1. The lowest BCUT2D eigenvalue weighted by molar-refractivity contribution is 0.0614. The summed E-state index contributed by atoms with van der Waals surface area (Å²) in [6.07, 6.45) is 4.22. The van der Waals surface area contributed by atoms with E-state index in [9.17, 15) is 9.59 Å². The van der Waals surface area contributed by atoms with Gasteiger partial charge in [-0.2, -0.15) is 0 Å². The number of rotatable bonds is 2. The van der Waals surface area contributed by atoms with E-state index in [0.717, 1.165) is 38.8 Å². The average Bonchev–Trinajstić information content (AvgIpc) is 3.34. The number of hydrogen-bond donors (Lipinski definition) is 1. The van der Waals surface area contributed by atoms with Crippen LogP contribution in [0.3, 0.4) is 0 Å². The van der Waals surface area contributed by atoms with Gasteiger partial charge in [-0.25, -0.2) is 4.79 Å². The van der Waals surface area contributed by atoms with Crippen molar-refractivity contribution in [1.29, 1.82) is 0 Å². The first-order valence-corrected chi connectivity index (χ1v) is 15.3. The van der Waals surface area contributed by atoms with Crippen LogP contribution in [0.2, 0.25) is 0 Å². The molecule has 1 saturated heterocycles. The Morgan fingerprint density at radius 2 is 1.50 bits per heavy atom. The number of carbonyl (C=O) groups excluding carboxylic acids is 2. The van der Waals surface area contributed by atoms with E-state index < -0.39 is 0 Å². The van der Waals surface area contributed by atoms with Crippen LogP contribution in [0.15, 0.2) is 72.8 Å². The second-order valence-electron chi connectivity index (χ2n) is 12.0. The van der Waals surface area contributed by atoms with Crippen molar-refractivity contribution < 1.29 is 19.1 Å². The molecule has 1 aliphatic carbocycles. The molecule has 0 unspecified atom stereocenters. The SMILES string of the molecule is CN1CC2(CCCN(C(=O)OCC3c4ccccc4-c4ccccc43)CCCOc3ccccc3C1=O)CCNCC2. The lowest BCUT2D eigenvalue weighted by Gasteiger charge is -2.41. The quantitative estimate of drug-likeness (QED) is 0.415. The van der Waals surface area contributed by atoms with Gasteiger partial charge in [-0.1, -0.05) is 60.7 Å². The van der Waals surface area contributed by atoms with Crippen LogP contribution in [0.25, 0.3) is 11.1 Å². The molecule has 3 aromatic carbocycles. The molecule has 220 valence electrons. The first-order chi connectivity index (χ1) is 20.5. The van der Waals surface area contributed by atoms with Crippen LogP contribution in [0.5, 0.6) is 5.75 Å². The molecule has 3 aromatic rings. The molecule has 7 nitrogen and oxygen atoms in total. The molecule has 7 heteroatoms. The molecule has 1 fully saturated rings. The third-order valence-corrected chi connectivity index (χ3v) is 9.26. The third-order valence-electron chi connectivity index (χ3n) is 9.26. The smallest absolute Gasteiger partial charge is 0.409 e. The number of fused-ring (bicyclic) bond motifs is 4. The molecule has 6 rings (SSSR count). The van der Waals surface area contributed by atoms with E-state index >= 15 is 0 Å². The lowest BCUT2D eigenvalue weighted by Crippen LogP contribution is -2.46. The second-order valence-corrected chi connectivity index (χ2v) is 12.0. The van der Waals surface area contributed by atoms with E-state index in [1.165, 1.54) is 22.3 Å². The highest BCUT2D eigenvalue weighted by molar-refractivity contribution is 5.96. The summed E-state index contributed by atoms with van der Waals surface area (Å²) in [5, 5.41) is 3.48. The zero-order chi connectivity index (χ0) is 28.9. The van der Waals surface area contributed by atoms with Crippen molar-refractivity contribution in [3.63, 3.8) is 0 Å². The van der Waals surface area contributed by atoms with Crippen molar-refractivity contribution in [2.75, 3.05) is 53.0 Å². The van der Waals surface area contributed by atoms with Gasteiger partial charge >= 0.3 is 6.09 Å². The summed E-state index contributed by atoms with van der Waals surface area (Å²) in [7, 11) is 1.90. The van der Waals surface area contributed by atoms with Gasteiger partial charge in [-0.05, 0) is 85.0 Å². The Morgan fingerprint density at radius 3 is 2.21 bits per heavy atom. The number of carbonyl (C=O) groups is 2. The predicted octanol–water partition coefficient (Wildman–Crippen LogP) is 5.94. The van der Waals surface area contributed by atoms with Gasteiger partial charge in [0.05, 0.1) is 12.2 Å². The molecule has 1 N–H and O–H groups in total. The van der Waals surface area contributed by atoms with Gasteiger partial charge < -0.3 is 24.6 Å². The highest BCUT2D eigenvalue weighted by Crippen LogP contribution is 2.44. The Labute approximate surface area is 248 Å². The molecule has 0 bridgehead atoms. The minimum absolute atomic E-state index is 0.000770. The molecular weight excluding hydrogens is 526 g/mol. The molecule has 0 radical (unpaired) electrons. The number of piperidine rings is 1. The Hall–Kier alpha value is -3.84. The number of nitrogens with zero attached hydrogens (tertiary/aromatic N) is 2. The normalized spacial score (nSPS) is 19.3. The van der Waals surface area contributed by atoms with Crippen molar-refractivity contribution in [2.45, 2.75) is 38.0 Å². The Morgan fingerprint density at radius 1 is 0.881 bits per heavy atom. The molecule has 2 amide bonds. The number of ether oxygens (including phenoxy) is 2. The van der Waals surface area contributed by atoms with Crippen LogP contribution >= 0.6 is 0 Å². The maximum Gasteiger partial charge on any atom is 0.409 e. The predicted molar refractivity (Wildman–Crippen MR) is 164 cm³/mol. The van der Waals surface area contributed by atoms with Crippen LogP contribution in [0, 0.1) is 5.41 Å². The van der Waals surface area contributed by atoms with E-state index in [1.807, 2.05) is 41.1 Å². The van der Waals surface area contributed by atoms with Crippen molar-refractivity contribution >= 4 is 12.0 Å². The first-order valence-electron chi connectivity index (χ1n) is 15.3. The minimum Gasteiger partial charge on any atom is -0.493 e.